The number of nitro groups is 1. The first kappa shape index (κ1) is 19.0. The fourth-order valence-electron chi connectivity index (χ4n) is 3.03. The number of nitrogens with zero attached hydrogens (tertiary/aromatic N) is 4. The van der Waals surface area contributed by atoms with Gasteiger partial charge < -0.3 is 14.5 Å². The third-order valence-electron chi connectivity index (χ3n) is 4.55. The molecular formula is C17H26N4O4. The third-order valence-corrected chi connectivity index (χ3v) is 4.55. The highest BCUT2D eigenvalue weighted by Crippen LogP contribution is 2.25. The summed E-state index contributed by atoms with van der Waals surface area (Å²) < 4.78 is 5.32. The van der Waals surface area contributed by atoms with Crippen LogP contribution in [0.4, 0.5) is 10.5 Å². The number of ether oxygens (including phenoxy) is 1. The van der Waals surface area contributed by atoms with E-state index in [0.717, 1.165) is 18.7 Å². The first-order valence-corrected chi connectivity index (χ1v) is 8.57. The highest BCUT2D eigenvalue weighted by molar-refractivity contribution is 5.74. The molecule has 1 fully saturated rings. The monoisotopic (exact) mass is 350 g/mol. The fraction of sp³-hybridized carbons (Fsp3) is 0.588. The molecule has 25 heavy (non-hydrogen) atoms. The molecular weight excluding hydrogens is 324 g/mol. The van der Waals surface area contributed by atoms with Crippen molar-refractivity contribution in [3.63, 3.8) is 0 Å². The molecule has 1 saturated heterocycles. The molecule has 0 atom stereocenters. The van der Waals surface area contributed by atoms with Crippen LogP contribution in [0.15, 0.2) is 18.2 Å². The van der Waals surface area contributed by atoms with E-state index < -0.39 is 4.92 Å². The van der Waals surface area contributed by atoms with Crippen molar-refractivity contribution in [3.05, 3.63) is 33.9 Å². The van der Waals surface area contributed by atoms with Gasteiger partial charge in [-0.1, -0.05) is 0 Å². The summed E-state index contributed by atoms with van der Waals surface area (Å²) in [5.74, 6) is 0.646. The average Bonchev–Trinajstić information content (AvgIpc) is 2.63. The molecule has 0 bridgehead atoms. The molecule has 1 aromatic rings. The van der Waals surface area contributed by atoms with Gasteiger partial charge in [0.1, 0.15) is 5.75 Å². The first-order chi connectivity index (χ1) is 12.0. The number of non-ortho nitro benzene ring substituents is 1. The number of amides is 2. The molecule has 0 unspecified atom stereocenters. The normalized spacial score (nSPS) is 15.1. The molecule has 138 valence electrons. The molecule has 0 radical (unpaired) electrons. The number of carbonyl (C=O) groups excluding carboxylic acids is 1. The SMILES string of the molecule is CCN(CC)C(=O)N1CCN(Cc2cc([N+](=O)[O-])ccc2OC)CC1. The van der Waals surface area contributed by atoms with Gasteiger partial charge in [-0.15, -0.1) is 0 Å². The Morgan fingerprint density at radius 3 is 2.40 bits per heavy atom. The zero-order valence-corrected chi connectivity index (χ0v) is 15.1. The number of methoxy groups -OCH3 is 1. The summed E-state index contributed by atoms with van der Waals surface area (Å²) in [4.78, 5) is 28.8. The van der Waals surface area contributed by atoms with E-state index in [0.29, 0.717) is 38.5 Å². The largest absolute Gasteiger partial charge is 0.496 e. The molecule has 1 aliphatic heterocycles. The number of hydrogen-bond donors (Lipinski definition) is 0. The van der Waals surface area contributed by atoms with Crippen molar-refractivity contribution in [2.75, 3.05) is 46.4 Å². The van der Waals surface area contributed by atoms with E-state index in [1.165, 1.54) is 6.07 Å². The summed E-state index contributed by atoms with van der Waals surface area (Å²) in [6, 6.07) is 4.72. The molecule has 1 aliphatic rings. The Hall–Kier alpha value is -2.35. The van der Waals surface area contributed by atoms with E-state index in [1.807, 2.05) is 23.6 Å². The van der Waals surface area contributed by atoms with Crippen LogP contribution in [-0.4, -0.2) is 72.0 Å². The van der Waals surface area contributed by atoms with Gasteiger partial charge in [0.25, 0.3) is 5.69 Å². The Labute approximate surface area is 148 Å². The van der Waals surface area contributed by atoms with Crippen molar-refractivity contribution in [3.8, 4) is 5.75 Å². The Balaban J connectivity index is 1.99. The summed E-state index contributed by atoms with van der Waals surface area (Å²) in [6.45, 7) is 8.73. The minimum atomic E-state index is -0.399. The van der Waals surface area contributed by atoms with Gasteiger partial charge in [-0.05, 0) is 19.9 Å². The Morgan fingerprint density at radius 2 is 1.88 bits per heavy atom. The number of piperazine rings is 1. The van der Waals surface area contributed by atoms with Gasteiger partial charge >= 0.3 is 6.03 Å². The first-order valence-electron chi connectivity index (χ1n) is 8.57. The zero-order chi connectivity index (χ0) is 18.4. The van der Waals surface area contributed by atoms with Crippen molar-refractivity contribution in [1.82, 2.24) is 14.7 Å². The lowest BCUT2D eigenvalue weighted by molar-refractivity contribution is -0.385. The predicted octanol–water partition coefficient (Wildman–Crippen LogP) is 2.18. The molecule has 8 nitrogen and oxygen atoms in total. The van der Waals surface area contributed by atoms with Crippen molar-refractivity contribution < 1.29 is 14.5 Å². The zero-order valence-electron chi connectivity index (χ0n) is 15.1. The van der Waals surface area contributed by atoms with Crippen LogP contribution in [0.3, 0.4) is 0 Å². The van der Waals surface area contributed by atoms with Gasteiger partial charge in [0, 0.05) is 63.5 Å². The quantitative estimate of drug-likeness (QED) is 0.580. The van der Waals surface area contributed by atoms with Crippen molar-refractivity contribution in [1.29, 1.82) is 0 Å². The van der Waals surface area contributed by atoms with E-state index in [2.05, 4.69) is 4.90 Å². The van der Waals surface area contributed by atoms with Gasteiger partial charge in [0.2, 0.25) is 0 Å². The number of urea groups is 1. The lowest BCUT2D eigenvalue weighted by atomic mass is 10.1. The second-order valence-electron chi connectivity index (χ2n) is 5.97. The summed E-state index contributed by atoms with van der Waals surface area (Å²) in [5.41, 5.74) is 0.853. The van der Waals surface area contributed by atoms with Crippen molar-refractivity contribution in [2.45, 2.75) is 20.4 Å². The topological polar surface area (TPSA) is 79.2 Å². The van der Waals surface area contributed by atoms with Crippen LogP contribution in [0.1, 0.15) is 19.4 Å². The summed E-state index contributed by atoms with van der Waals surface area (Å²) in [7, 11) is 1.56. The summed E-state index contributed by atoms with van der Waals surface area (Å²) >= 11 is 0. The number of carbonyl (C=O) groups is 1. The van der Waals surface area contributed by atoms with E-state index in [1.54, 1.807) is 19.2 Å². The van der Waals surface area contributed by atoms with Gasteiger partial charge in [0.15, 0.2) is 0 Å². The average molecular weight is 350 g/mol. The van der Waals surface area contributed by atoms with E-state index in [4.69, 9.17) is 4.74 Å². The molecule has 0 saturated carbocycles. The standard InChI is InChI=1S/C17H26N4O4/c1-4-19(5-2)17(22)20-10-8-18(9-11-20)13-14-12-15(21(23)24)6-7-16(14)25-3/h6-7,12H,4-5,8-11,13H2,1-3H3. The molecule has 0 spiro atoms. The van der Waals surface area contributed by atoms with E-state index in [9.17, 15) is 14.9 Å². The Bertz CT molecular complexity index is 611. The van der Waals surface area contributed by atoms with Crippen LogP contribution < -0.4 is 4.74 Å². The second kappa shape index (κ2) is 8.66. The molecule has 2 rings (SSSR count). The number of rotatable bonds is 6. The predicted molar refractivity (Wildman–Crippen MR) is 94.8 cm³/mol. The van der Waals surface area contributed by atoms with Gasteiger partial charge in [-0.3, -0.25) is 15.0 Å². The van der Waals surface area contributed by atoms with Crippen LogP contribution in [0.2, 0.25) is 0 Å². The lowest BCUT2D eigenvalue weighted by Gasteiger charge is -2.37. The maximum atomic E-state index is 12.4. The highest BCUT2D eigenvalue weighted by atomic mass is 16.6. The van der Waals surface area contributed by atoms with Gasteiger partial charge in [0.05, 0.1) is 12.0 Å². The van der Waals surface area contributed by atoms with Gasteiger partial charge in [-0.2, -0.15) is 0 Å². The van der Waals surface area contributed by atoms with Crippen molar-refractivity contribution >= 4 is 11.7 Å². The minimum absolute atomic E-state index is 0.0612. The summed E-state index contributed by atoms with van der Waals surface area (Å²) in [5, 5.41) is 11.0. The smallest absolute Gasteiger partial charge is 0.320 e. The third kappa shape index (κ3) is 4.60. The number of nitro benzene ring substituents is 1. The van der Waals surface area contributed by atoms with E-state index in [-0.39, 0.29) is 11.7 Å². The van der Waals surface area contributed by atoms with Crippen LogP contribution >= 0.6 is 0 Å². The number of hydrogen-bond acceptors (Lipinski definition) is 5. The Morgan fingerprint density at radius 1 is 1.24 bits per heavy atom. The fourth-order valence-corrected chi connectivity index (χ4v) is 3.03. The van der Waals surface area contributed by atoms with Crippen LogP contribution in [0, 0.1) is 10.1 Å². The van der Waals surface area contributed by atoms with Crippen LogP contribution in [-0.2, 0) is 6.54 Å². The van der Waals surface area contributed by atoms with Crippen LogP contribution in [0.5, 0.6) is 5.75 Å². The van der Waals surface area contributed by atoms with Crippen molar-refractivity contribution in [2.24, 2.45) is 0 Å². The molecule has 2 amide bonds. The summed E-state index contributed by atoms with van der Waals surface area (Å²) in [6.07, 6.45) is 0. The van der Waals surface area contributed by atoms with Crippen LogP contribution in [0.25, 0.3) is 0 Å². The molecule has 1 heterocycles. The maximum absolute atomic E-state index is 12.4. The molecule has 8 heteroatoms. The maximum Gasteiger partial charge on any atom is 0.320 e. The highest BCUT2D eigenvalue weighted by Gasteiger charge is 2.24. The molecule has 0 aromatic heterocycles. The minimum Gasteiger partial charge on any atom is -0.496 e. The molecule has 1 aromatic carbocycles. The van der Waals surface area contributed by atoms with E-state index >= 15 is 0 Å². The Kier molecular flexibility index (Phi) is 6.58. The lowest BCUT2D eigenvalue weighted by Crippen LogP contribution is -2.52. The molecule has 0 aliphatic carbocycles. The second-order valence-corrected chi connectivity index (χ2v) is 5.97. The molecule has 0 N–H and O–H groups in total. The number of benzene rings is 1. The van der Waals surface area contributed by atoms with Gasteiger partial charge in [-0.25, -0.2) is 4.79 Å².